The van der Waals surface area contributed by atoms with Crippen molar-refractivity contribution in [3.63, 3.8) is 0 Å². The largest absolute Gasteiger partial charge is 0.365 e. The molecular weight excluding hydrogens is 276 g/mol. The summed E-state index contributed by atoms with van der Waals surface area (Å²) in [5.74, 6) is 0.972. The van der Waals surface area contributed by atoms with E-state index in [9.17, 15) is 4.79 Å². The zero-order valence-corrected chi connectivity index (χ0v) is 14.2. The number of ether oxygens (including phenoxy) is 1. The first-order valence-corrected chi connectivity index (χ1v) is 9.36. The van der Waals surface area contributed by atoms with Gasteiger partial charge in [0, 0.05) is 25.2 Å². The summed E-state index contributed by atoms with van der Waals surface area (Å²) < 4.78 is 6.24. The maximum atomic E-state index is 12.9. The van der Waals surface area contributed by atoms with Crippen molar-refractivity contribution in [2.45, 2.75) is 89.5 Å². The second kappa shape index (κ2) is 7.31. The molecule has 2 aliphatic heterocycles. The van der Waals surface area contributed by atoms with Gasteiger partial charge in [0.1, 0.15) is 6.10 Å². The van der Waals surface area contributed by atoms with E-state index in [1.54, 1.807) is 0 Å². The van der Waals surface area contributed by atoms with Crippen LogP contribution in [0, 0.1) is 5.92 Å². The standard InChI is InChI=1S/C18H32N2O2/c1-3-17(22-16-6-4-5-13(2)11-16)18(21)20-10-9-14-7-8-15(12-20)19-14/h13-17,19H,3-12H2,1-2H3. The van der Waals surface area contributed by atoms with Gasteiger partial charge in [-0.15, -0.1) is 0 Å². The van der Waals surface area contributed by atoms with Crippen molar-refractivity contribution in [1.82, 2.24) is 10.2 Å². The Morgan fingerprint density at radius 2 is 2.05 bits per heavy atom. The number of nitrogens with zero attached hydrogens (tertiary/aromatic N) is 1. The topological polar surface area (TPSA) is 41.6 Å². The molecule has 1 saturated carbocycles. The first-order valence-electron chi connectivity index (χ1n) is 9.36. The quantitative estimate of drug-likeness (QED) is 0.868. The average Bonchev–Trinajstić information content (AvgIpc) is 2.83. The molecule has 0 aromatic carbocycles. The lowest BCUT2D eigenvalue weighted by atomic mass is 9.88. The number of hydrogen-bond acceptors (Lipinski definition) is 3. The van der Waals surface area contributed by atoms with Crippen LogP contribution in [-0.2, 0) is 9.53 Å². The van der Waals surface area contributed by atoms with Crippen LogP contribution in [0.2, 0.25) is 0 Å². The molecule has 0 aromatic heterocycles. The van der Waals surface area contributed by atoms with E-state index in [0.717, 1.165) is 44.7 Å². The summed E-state index contributed by atoms with van der Waals surface area (Å²) in [4.78, 5) is 15.0. The fraction of sp³-hybridized carbons (Fsp3) is 0.944. The number of rotatable bonds is 4. The fourth-order valence-corrected chi connectivity index (χ4v) is 4.41. The summed E-state index contributed by atoms with van der Waals surface area (Å²) in [7, 11) is 0. The van der Waals surface area contributed by atoms with Gasteiger partial charge in [0.2, 0.25) is 0 Å². The Kier molecular flexibility index (Phi) is 5.40. The molecule has 1 amide bonds. The first-order chi connectivity index (χ1) is 10.7. The van der Waals surface area contributed by atoms with Gasteiger partial charge in [-0.3, -0.25) is 4.79 Å². The molecule has 0 spiro atoms. The van der Waals surface area contributed by atoms with Gasteiger partial charge in [0.15, 0.2) is 0 Å². The third kappa shape index (κ3) is 3.83. The van der Waals surface area contributed by atoms with Crippen molar-refractivity contribution in [1.29, 1.82) is 0 Å². The molecule has 3 fully saturated rings. The van der Waals surface area contributed by atoms with Crippen LogP contribution < -0.4 is 5.32 Å². The Labute approximate surface area is 135 Å². The number of fused-ring (bicyclic) bond motifs is 2. The van der Waals surface area contributed by atoms with E-state index in [1.165, 1.54) is 25.7 Å². The molecule has 2 heterocycles. The van der Waals surface area contributed by atoms with Crippen LogP contribution in [-0.4, -0.2) is 48.2 Å². The molecule has 4 nitrogen and oxygen atoms in total. The van der Waals surface area contributed by atoms with Crippen LogP contribution >= 0.6 is 0 Å². The molecule has 0 radical (unpaired) electrons. The number of hydrogen-bond donors (Lipinski definition) is 1. The summed E-state index contributed by atoms with van der Waals surface area (Å²) in [6.45, 7) is 6.15. The van der Waals surface area contributed by atoms with E-state index < -0.39 is 0 Å². The van der Waals surface area contributed by atoms with Gasteiger partial charge in [-0.1, -0.05) is 26.7 Å². The van der Waals surface area contributed by atoms with Crippen LogP contribution in [0.4, 0.5) is 0 Å². The van der Waals surface area contributed by atoms with Crippen molar-refractivity contribution in [3.8, 4) is 0 Å². The van der Waals surface area contributed by atoms with Gasteiger partial charge in [0.05, 0.1) is 6.10 Å². The van der Waals surface area contributed by atoms with E-state index in [-0.39, 0.29) is 12.0 Å². The molecule has 0 aromatic rings. The summed E-state index contributed by atoms with van der Waals surface area (Å²) in [6, 6.07) is 1.13. The number of amides is 1. The lowest BCUT2D eigenvalue weighted by Gasteiger charge is -2.33. The maximum Gasteiger partial charge on any atom is 0.251 e. The lowest BCUT2D eigenvalue weighted by molar-refractivity contribution is -0.150. The molecule has 126 valence electrons. The van der Waals surface area contributed by atoms with E-state index >= 15 is 0 Å². The number of nitrogens with one attached hydrogen (secondary N) is 1. The minimum Gasteiger partial charge on any atom is -0.365 e. The highest BCUT2D eigenvalue weighted by Crippen LogP contribution is 2.28. The first kappa shape index (κ1) is 16.3. The SMILES string of the molecule is CCC(OC1CCCC(C)C1)C(=O)N1CCC2CCC(C1)N2. The summed E-state index contributed by atoms with van der Waals surface area (Å²) >= 11 is 0. The van der Waals surface area contributed by atoms with Crippen molar-refractivity contribution < 1.29 is 9.53 Å². The minimum absolute atomic E-state index is 0.230. The molecule has 3 aliphatic rings. The predicted octanol–water partition coefficient (Wildman–Crippen LogP) is 2.71. The zero-order chi connectivity index (χ0) is 15.5. The maximum absolute atomic E-state index is 12.9. The third-order valence-electron chi connectivity index (χ3n) is 5.73. The highest BCUT2D eigenvalue weighted by molar-refractivity contribution is 5.81. The van der Waals surface area contributed by atoms with Crippen molar-refractivity contribution in [2.24, 2.45) is 5.92 Å². The van der Waals surface area contributed by atoms with Crippen molar-refractivity contribution in [3.05, 3.63) is 0 Å². The lowest BCUT2D eigenvalue weighted by Crippen LogP contribution is -2.46. The highest BCUT2D eigenvalue weighted by Gasteiger charge is 2.34. The predicted molar refractivity (Wildman–Crippen MR) is 87.7 cm³/mol. The Balaban J connectivity index is 1.56. The summed E-state index contributed by atoms with van der Waals surface area (Å²) in [6.07, 6.45) is 9.24. The molecule has 2 saturated heterocycles. The molecule has 5 unspecified atom stereocenters. The van der Waals surface area contributed by atoms with E-state index in [4.69, 9.17) is 4.74 Å². The van der Waals surface area contributed by atoms with Crippen molar-refractivity contribution in [2.75, 3.05) is 13.1 Å². The second-order valence-corrected chi connectivity index (χ2v) is 7.64. The van der Waals surface area contributed by atoms with Gasteiger partial charge in [0.25, 0.3) is 5.91 Å². The summed E-state index contributed by atoms with van der Waals surface area (Å²) in [5.41, 5.74) is 0. The second-order valence-electron chi connectivity index (χ2n) is 7.64. The van der Waals surface area contributed by atoms with Gasteiger partial charge in [-0.2, -0.15) is 0 Å². The molecular formula is C18H32N2O2. The van der Waals surface area contributed by atoms with Gasteiger partial charge in [-0.25, -0.2) is 0 Å². The Bertz CT molecular complexity index is 387. The molecule has 3 rings (SSSR count). The third-order valence-corrected chi connectivity index (χ3v) is 5.73. The molecule has 2 bridgehead atoms. The average molecular weight is 308 g/mol. The van der Waals surface area contributed by atoms with E-state index in [0.29, 0.717) is 18.2 Å². The summed E-state index contributed by atoms with van der Waals surface area (Å²) in [5, 5.41) is 3.65. The highest BCUT2D eigenvalue weighted by atomic mass is 16.5. The van der Waals surface area contributed by atoms with E-state index in [1.807, 2.05) is 0 Å². The number of carbonyl (C=O) groups excluding carboxylic acids is 1. The number of carbonyl (C=O) groups is 1. The Morgan fingerprint density at radius 1 is 1.23 bits per heavy atom. The van der Waals surface area contributed by atoms with E-state index in [2.05, 4.69) is 24.1 Å². The number of likely N-dealkylation sites (tertiary alicyclic amines) is 1. The van der Waals surface area contributed by atoms with Crippen LogP contribution in [0.15, 0.2) is 0 Å². The van der Waals surface area contributed by atoms with Crippen LogP contribution in [0.25, 0.3) is 0 Å². The smallest absolute Gasteiger partial charge is 0.251 e. The van der Waals surface area contributed by atoms with Crippen LogP contribution in [0.5, 0.6) is 0 Å². The molecule has 1 N–H and O–H groups in total. The molecule has 5 atom stereocenters. The van der Waals surface area contributed by atoms with Gasteiger partial charge < -0.3 is 15.0 Å². The van der Waals surface area contributed by atoms with Gasteiger partial charge >= 0.3 is 0 Å². The monoisotopic (exact) mass is 308 g/mol. The van der Waals surface area contributed by atoms with Gasteiger partial charge in [-0.05, 0) is 44.4 Å². The molecule has 1 aliphatic carbocycles. The minimum atomic E-state index is -0.230. The molecule has 4 heteroatoms. The zero-order valence-electron chi connectivity index (χ0n) is 14.2. The molecule has 22 heavy (non-hydrogen) atoms. The Morgan fingerprint density at radius 3 is 2.82 bits per heavy atom. The van der Waals surface area contributed by atoms with Crippen molar-refractivity contribution >= 4 is 5.91 Å². The normalized spacial score (nSPS) is 36.9. The Hall–Kier alpha value is -0.610. The fourth-order valence-electron chi connectivity index (χ4n) is 4.41. The van der Waals surface area contributed by atoms with Crippen LogP contribution in [0.3, 0.4) is 0 Å². The van der Waals surface area contributed by atoms with Crippen LogP contribution in [0.1, 0.15) is 65.2 Å².